The van der Waals surface area contributed by atoms with E-state index in [9.17, 15) is 13.2 Å². The number of sulfonamides is 1. The molecule has 1 atom stereocenters. The normalized spacial score (nSPS) is 17.4. The van der Waals surface area contributed by atoms with Gasteiger partial charge in [-0.2, -0.15) is 4.31 Å². The number of hydrogen-bond donors (Lipinski definition) is 0. The highest BCUT2D eigenvalue weighted by molar-refractivity contribution is 7.89. The van der Waals surface area contributed by atoms with Gasteiger partial charge in [0.05, 0.1) is 4.90 Å². The molecular formula is C17H24N2O3S. The fraction of sp³-hybridized carbons (Fsp3) is 0.471. The standard InChI is InChI=1S/C17H24N2O3S/c1-6-18(11-12(2)3)23(21,22)16-7-8-17-15(10-16)9-13(4)19(17)14(5)20/h7-8,10,13H,2,6,9,11H2,1,3-5H3. The SMILES string of the molecule is C=C(C)CN(CC)S(=O)(=O)c1ccc2c(c1)CC(C)N2C(C)=O. The predicted octanol–water partition coefficient (Wildman–Crippen LogP) is 2.57. The predicted molar refractivity (Wildman–Crippen MR) is 92.0 cm³/mol. The second-order valence-corrected chi connectivity index (χ2v) is 8.06. The molecule has 1 unspecified atom stereocenters. The van der Waals surface area contributed by atoms with Gasteiger partial charge in [0.25, 0.3) is 0 Å². The van der Waals surface area contributed by atoms with Crippen LogP contribution in [0, 0.1) is 0 Å². The van der Waals surface area contributed by atoms with Crippen LogP contribution in [0.4, 0.5) is 5.69 Å². The van der Waals surface area contributed by atoms with Gasteiger partial charge in [-0.3, -0.25) is 4.79 Å². The first-order valence-corrected chi connectivity index (χ1v) is 9.19. The number of carbonyl (C=O) groups excluding carboxylic acids is 1. The lowest BCUT2D eigenvalue weighted by molar-refractivity contribution is -0.116. The van der Waals surface area contributed by atoms with Crippen molar-refractivity contribution in [2.45, 2.75) is 45.1 Å². The fourth-order valence-corrected chi connectivity index (χ4v) is 4.62. The molecule has 6 heteroatoms. The Kier molecular flexibility index (Phi) is 4.96. The number of rotatable bonds is 5. The number of hydrogen-bond acceptors (Lipinski definition) is 3. The second-order valence-electron chi connectivity index (χ2n) is 6.12. The molecule has 0 aliphatic carbocycles. The Morgan fingerprint density at radius 2 is 2.04 bits per heavy atom. The second kappa shape index (κ2) is 6.45. The van der Waals surface area contributed by atoms with E-state index in [1.54, 1.807) is 23.1 Å². The number of carbonyl (C=O) groups is 1. The van der Waals surface area contributed by atoms with Crippen LogP contribution < -0.4 is 4.90 Å². The van der Waals surface area contributed by atoms with Crippen LogP contribution in [0.25, 0.3) is 0 Å². The number of benzene rings is 1. The Hall–Kier alpha value is -1.66. The highest BCUT2D eigenvalue weighted by Crippen LogP contribution is 2.34. The van der Waals surface area contributed by atoms with Crippen LogP contribution in [0.5, 0.6) is 0 Å². The number of fused-ring (bicyclic) bond motifs is 1. The molecule has 1 aromatic rings. The first-order chi connectivity index (χ1) is 10.7. The molecule has 0 saturated carbocycles. The summed E-state index contributed by atoms with van der Waals surface area (Å²) in [5, 5.41) is 0. The van der Waals surface area contributed by atoms with Gasteiger partial charge in [-0.05, 0) is 44.0 Å². The molecule has 1 heterocycles. The van der Waals surface area contributed by atoms with Crippen molar-refractivity contribution in [3.63, 3.8) is 0 Å². The third-order valence-electron chi connectivity index (χ3n) is 4.04. The Balaban J connectivity index is 2.42. The van der Waals surface area contributed by atoms with Crippen molar-refractivity contribution < 1.29 is 13.2 Å². The van der Waals surface area contributed by atoms with Gasteiger partial charge in [0, 0.05) is 31.7 Å². The number of nitrogens with zero attached hydrogens (tertiary/aromatic N) is 2. The van der Waals surface area contributed by atoms with E-state index >= 15 is 0 Å². The van der Waals surface area contributed by atoms with Crippen molar-refractivity contribution in [3.8, 4) is 0 Å². The zero-order chi connectivity index (χ0) is 17.4. The molecule has 1 amide bonds. The summed E-state index contributed by atoms with van der Waals surface area (Å²) in [5.74, 6) is -0.0238. The molecular weight excluding hydrogens is 312 g/mol. The van der Waals surface area contributed by atoms with Crippen molar-refractivity contribution in [3.05, 3.63) is 35.9 Å². The molecule has 5 nitrogen and oxygen atoms in total. The lowest BCUT2D eigenvalue weighted by Gasteiger charge is -2.22. The van der Waals surface area contributed by atoms with Crippen molar-refractivity contribution in [2.75, 3.05) is 18.0 Å². The van der Waals surface area contributed by atoms with Gasteiger partial charge in [0.15, 0.2) is 0 Å². The summed E-state index contributed by atoms with van der Waals surface area (Å²) in [6, 6.07) is 5.08. The topological polar surface area (TPSA) is 57.7 Å². The van der Waals surface area contributed by atoms with Crippen LogP contribution in [0.3, 0.4) is 0 Å². The summed E-state index contributed by atoms with van der Waals surface area (Å²) < 4.78 is 27.0. The summed E-state index contributed by atoms with van der Waals surface area (Å²) in [5.41, 5.74) is 2.51. The van der Waals surface area contributed by atoms with Crippen LogP contribution in [0.15, 0.2) is 35.2 Å². The van der Waals surface area contributed by atoms with E-state index in [2.05, 4.69) is 6.58 Å². The summed E-state index contributed by atoms with van der Waals surface area (Å²) in [6.07, 6.45) is 0.672. The maximum absolute atomic E-state index is 12.8. The minimum absolute atomic E-state index is 0.0238. The summed E-state index contributed by atoms with van der Waals surface area (Å²) in [6.45, 7) is 11.6. The third-order valence-corrected chi connectivity index (χ3v) is 5.96. The Morgan fingerprint density at radius 3 is 2.57 bits per heavy atom. The maximum atomic E-state index is 12.8. The van der Waals surface area contributed by atoms with Crippen molar-refractivity contribution in [2.24, 2.45) is 0 Å². The molecule has 0 spiro atoms. The zero-order valence-electron chi connectivity index (χ0n) is 14.2. The molecule has 0 aromatic heterocycles. The average Bonchev–Trinajstić information content (AvgIpc) is 2.79. The van der Waals surface area contributed by atoms with Gasteiger partial charge in [-0.25, -0.2) is 8.42 Å². The van der Waals surface area contributed by atoms with Gasteiger partial charge < -0.3 is 4.90 Å². The fourth-order valence-electron chi connectivity index (χ4n) is 3.06. The van der Waals surface area contributed by atoms with Gasteiger partial charge in [0.1, 0.15) is 0 Å². The number of likely N-dealkylation sites (N-methyl/N-ethyl adjacent to an activating group) is 1. The van der Waals surface area contributed by atoms with E-state index in [-0.39, 0.29) is 16.8 Å². The first kappa shape index (κ1) is 17.7. The monoisotopic (exact) mass is 336 g/mol. The van der Waals surface area contributed by atoms with E-state index in [4.69, 9.17) is 0 Å². The minimum Gasteiger partial charge on any atom is -0.309 e. The van der Waals surface area contributed by atoms with Gasteiger partial charge >= 0.3 is 0 Å². The number of anilines is 1. The molecule has 1 aliphatic rings. The summed E-state index contributed by atoms with van der Waals surface area (Å²) in [7, 11) is -3.55. The molecule has 1 aromatic carbocycles. The first-order valence-electron chi connectivity index (χ1n) is 7.75. The Bertz CT molecular complexity index is 740. The zero-order valence-corrected chi connectivity index (χ0v) is 15.0. The molecule has 0 bridgehead atoms. The van der Waals surface area contributed by atoms with Crippen molar-refractivity contribution in [1.82, 2.24) is 4.31 Å². The lowest BCUT2D eigenvalue weighted by atomic mass is 10.1. The highest BCUT2D eigenvalue weighted by atomic mass is 32.2. The molecule has 0 N–H and O–H groups in total. The third kappa shape index (κ3) is 3.33. The van der Waals surface area contributed by atoms with Crippen LogP contribution in [0.1, 0.15) is 33.3 Å². The maximum Gasteiger partial charge on any atom is 0.243 e. The Labute approximate surface area is 138 Å². The van der Waals surface area contributed by atoms with Crippen molar-refractivity contribution in [1.29, 1.82) is 0 Å². The van der Waals surface area contributed by atoms with E-state index in [0.29, 0.717) is 19.5 Å². The highest BCUT2D eigenvalue weighted by Gasteiger charge is 2.31. The molecule has 23 heavy (non-hydrogen) atoms. The summed E-state index contributed by atoms with van der Waals surface area (Å²) in [4.78, 5) is 13.8. The van der Waals surface area contributed by atoms with Gasteiger partial charge in [-0.1, -0.05) is 19.1 Å². The average molecular weight is 336 g/mol. The van der Waals surface area contributed by atoms with E-state index in [1.807, 2.05) is 20.8 Å². The van der Waals surface area contributed by atoms with Crippen LogP contribution >= 0.6 is 0 Å². The van der Waals surface area contributed by atoms with Crippen LogP contribution in [0.2, 0.25) is 0 Å². The van der Waals surface area contributed by atoms with Gasteiger partial charge in [0.2, 0.25) is 15.9 Å². The summed E-state index contributed by atoms with van der Waals surface area (Å²) >= 11 is 0. The van der Waals surface area contributed by atoms with E-state index < -0.39 is 10.0 Å². The molecule has 1 aliphatic heterocycles. The quantitative estimate of drug-likeness (QED) is 0.777. The van der Waals surface area contributed by atoms with Gasteiger partial charge in [-0.15, -0.1) is 0 Å². The molecule has 0 radical (unpaired) electrons. The van der Waals surface area contributed by atoms with Crippen molar-refractivity contribution >= 4 is 21.6 Å². The number of amides is 1. The molecule has 126 valence electrons. The van der Waals surface area contributed by atoms with E-state index in [1.165, 1.54) is 11.2 Å². The Morgan fingerprint density at radius 1 is 1.39 bits per heavy atom. The van der Waals surface area contributed by atoms with Crippen LogP contribution in [-0.4, -0.2) is 37.8 Å². The molecule has 2 rings (SSSR count). The minimum atomic E-state index is -3.55. The largest absolute Gasteiger partial charge is 0.309 e. The van der Waals surface area contributed by atoms with E-state index in [0.717, 1.165) is 16.8 Å². The molecule has 0 saturated heterocycles. The molecule has 0 fully saturated rings. The lowest BCUT2D eigenvalue weighted by Crippen LogP contribution is -2.33. The van der Waals surface area contributed by atoms with Crippen LogP contribution in [-0.2, 0) is 21.2 Å². The smallest absolute Gasteiger partial charge is 0.243 e.